The molecular formula is C67H36F8N8. The third-order valence-corrected chi connectivity index (χ3v) is 14.6. The Morgan fingerprint density at radius 1 is 0.277 bits per heavy atom. The van der Waals surface area contributed by atoms with Gasteiger partial charge in [0.1, 0.15) is 0 Å². The molecule has 0 aliphatic carbocycles. The lowest BCUT2D eigenvalue weighted by molar-refractivity contribution is -0.137. The van der Waals surface area contributed by atoms with Crippen molar-refractivity contribution in [1.29, 1.82) is 0 Å². The van der Waals surface area contributed by atoms with Crippen LogP contribution in [0.4, 0.5) is 35.1 Å². The zero-order chi connectivity index (χ0) is 56.7. The molecule has 0 N–H and O–H groups in total. The van der Waals surface area contributed by atoms with Gasteiger partial charge in [-0.15, -0.1) is 0 Å². The van der Waals surface area contributed by atoms with Gasteiger partial charge in [0, 0.05) is 60.5 Å². The van der Waals surface area contributed by atoms with E-state index >= 15 is 30.7 Å². The maximum absolute atomic E-state index is 16.7. The quantitative estimate of drug-likeness (QED) is 0.0813. The molecule has 400 valence electrons. The number of alkyl halides is 3. The van der Waals surface area contributed by atoms with Crippen molar-refractivity contribution in [3.63, 3.8) is 0 Å². The fourth-order valence-corrected chi connectivity index (χ4v) is 10.8. The van der Waals surface area contributed by atoms with Gasteiger partial charge in [0.15, 0.2) is 58.2 Å². The Hall–Kier alpha value is -10.7. The van der Waals surface area contributed by atoms with Gasteiger partial charge in [0.2, 0.25) is 5.82 Å². The first-order chi connectivity index (χ1) is 40.4. The van der Waals surface area contributed by atoms with Gasteiger partial charge >= 0.3 is 6.18 Å². The van der Waals surface area contributed by atoms with Crippen LogP contribution in [0.3, 0.4) is 0 Å². The number of para-hydroxylation sites is 2. The predicted octanol–water partition coefficient (Wildman–Crippen LogP) is 17.6. The Morgan fingerprint density at radius 3 is 0.964 bits per heavy atom. The van der Waals surface area contributed by atoms with Crippen LogP contribution < -0.4 is 0 Å². The SMILES string of the molecule is Fc1c(F)c(F)c(-c2cc(-n3c4ccccc4c4cc(-c5nc(-c6ccccc6)nc(-c6ccccc6)n5)ccc43)c(C(F)(F)F)cc2-n2c3ccccc3c3cc(-c4nc(-c5ccccc5)nc(-c5ccccc5)n4)ccc32)c(F)c1F. The summed E-state index contributed by atoms with van der Waals surface area (Å²) >= 11 is 0. The summed E-state index contributed by atoms with van der Waals surface area (Å²) in [4.78, 5) is 29.0. The van der Waals surface area contributed by atoms with Crippen LogP contribution in [0.2, 0.25) is 0 Å². The summed E-state index contributed by atoms with van der Waals surface area (Å²) in [6, 6.07) is 61.7. The molecule has 0 saturated heterocycles. The summed E-state index contributed by atoms with van der Waals surface area (Å²) in [6.45, 7) is 0. The molecule has 14 aromatic rings. The molecule has 0 aliphatic rings. The fourth-order valence-electron chi connectivity index (χ4n) is 10.8. The molecule has 0 bridgehead atoms. The van der Waals surface area contributed by atoms with E-state index in [0.717, 1.165) is 6.07 Å². The van der Waals surface area contributed by atoms with Gasteiger partial charge in [-0.3, -0.25) is 0 Å². The minimum absolute atomic E-state index is 0.200. The molecule has 10 aromatic carbocycles. The van der Waals surface area contributed by atoms with E-state index < -0.39 is 63.3 Å². The lowest BCUT2D eigenvalue weighted by Gasteiger charge is -2.22. The Kier molecular flexibility index (Phi) is 12.0. The van der Waals surface area contributed by atoms with E-state index in [-0.39, 0.29) is 33.7 Å². The highest BCUT2D eigenvalue weighted by Crippen LogP contribution is 2.47. The van der Waals surface area contributed by atoms with E-state index in [2.05, 4.69) is 0 Å². The summed E-state index contributed by atoms with van der Waals surface area (Å²) in [5.41, 5.74) is -0.0240. The average molecular weight is 1110 g/mol. The van der Waals surface area contributed by atoms with Crippen LogP contribution in [-0.2, 0) is 6.18 Å². The Bertz CT molecular complexity index is 4750. The molecule has 0 aliphatic heterocycles. The van der Waals surface area contributed by atoms with Crippen LogP contribution in [0.15, 0.2) is 218 Å². The molecule has 83 heavy (non-hydrogen) atoms. The van der Waals surface area contributed by atoms with E-state index in [0.29, 0.717) is 84.3 Å². The molecule has 8 nitrogen and oxygen atoms in total. The van der Waals surface area contributed by atoms with Gasteiger partial charge in [-0.25, -0.2) is 51.9 Å². The number of hydrogen-bond donors (Lipinski definition) is 0. The van der Waals surface area contributed by atoms with Crippen molar-refractivity contribution in [3.8, 4) is 90.8 Å². The Labute approximate surface area is 466 Å². The maximum Gasteiger partial charge on any atom is 0.418 e. The molecule has 14 rings (SSSR count). The summed E-state index contributed by atoms with van der Waals surface area (Å²) in [6.07, 6.45) is -5.21. The minimum Gasteiger partial charge on any atom is -0.309 e. The van der Waals surface area contributed by atoms with Crippen LogP contribution in [0.1, 0.15) is 5.56 Å². The monoisotopic (exact) mass is 1100 g/mol. The van der Waals surface area contributed by atoms with E-state index in [1.807, 2.05) is 121 Å². The van der Waals surface area contributed by atoms with Crippen molar-refractivity contribution in [2.75, 3.05) is 0 Å². The highest BCUT2D eigenvalue weighted by molar-refractivity contribution is 6.12. The fraction of sp³-hybridized carbons (Fsp3) is 0.0149. The van der Waals surface area contributed by atoms with E-state index in [1.165, 1.54) is 9.13 Å². The van der Waals surface area contributed by atoms with Crippen LogP contribution >= 0.6 is 0 Å². The van der Waals surface area contributed by atoms with Crippen LogP contribution in [0.5, 0.6) is 0 Å². The van der Waals surface area contributed by atoms with Crippen molar-refractivity contribution >= 4 is 43.6 Å². The van der Waals surface area contributed by atoms with Gasteiger partial charge in [0.05, 0.1) is 44.6 Å². The van der Waals surface area contributed by atoms with E-state index in [1.54, 1.807) is 84.9 Å². The molecule has 0 atom stereocenters. The van der Waals surface area contributed by atoms with Gasteiger partial charge in [-0.2, -0.15) is 13.2 Å². The predicted molar refractivity (Wildman–Crippen MR) is 305 cm³/mol. The smallest absolute Gasteiger partial charge is 0.309 e. The Morgan fingerprint density at radius 2 is 0.590 bits per heavy atom. The molecular weight excluding hydrogens is 1070 g/mol. The molecule has 0 unspecified atom stereocenters. The molecule has 0 saturated carbocycles. The Balaban J connectivity index is 1.01. The second-order valence-electron chi connectivity index (χ2n) is 19.6. The first kappa shape index (κ1) is 50.5. The molecule has 0 spiro atoms. The second kappa shape index (κ2) is 19.8. The van der Waals surface area contributed by atoms with Crippen molar-refractivity contribution in [1.82, 2.24) is 39.0 Å². The number of nitrogens with zero attached hydrogens (tertiary/aromatic N) is 8. The normalized spacial score (nSPS) is 11.9. The highest BCUT2D eigenvalue weighted by atomic mass is 19.4. The topological polar surface area (TPSA) is 87.2 Å². The average Bonchev–Trinajstić information content (AvgIpc) is 2.12. The standard InChI is InChI=1S/C67H36F8N8/c68-56-55(57(69)59(71)60(72)58(56)70)47-35-54(83-50-28-16-14-26-44(50)46-34-42(30-32-52(46)83)66-80-63(39-21-9-3-10-22-39)77-64(81-66)40-23-11-4-12-24-40)48(67(73,74)75)36-53(47)82-49-27-15-13-25-43(49)45-33-41(29-31-51(45)82)65-78-61(37-17-5-1-6-18-37)76-62(79-65)38-19-7-2-8-20-38/h1-36H. The number of aromatic nitrogens is 8. The highest BCUT2D eigenvalue weighted by Gasteiger charge is 2.38. The number of halogens is 8. The summed E-state index contributed by atoms with van der Waals surface area (Å²) in [5, 5.41) is 1.79. The summed E-state index contributed by atoms with van der Waals surface area (Å²) in [5.74, 6) is -9.52. The molecule has 4 heterocycles. The molecule has 16 heteroatoms. The molecule has 0 radical (unpaired) electrons. The molecule has 0 fully saturated rings. The summed E-state index contributed by atoms with van der Waals surface area (Å²) < 4.78 is 131. The lowest BCUT2D eigenvalue weighted by Crippen LogP contribution is -2.14. The van der Waals surface area contributed by atoms with Crippen molar-refractivity contribution in [2.24, 2.45) is 0 Å². The van der Waals surface area contributed by atoms with Gasteiger partial charge in [0.25, 0.3) is 0 Å². The van der Waals surface area contributed by atoms with Crippen molar-refractivity contribution < 1.29 is 35.1 Å². The third-order valence-electron chi connectivity index (χ3n) is 14.6. The first-order valence-electron chi connectivity index (χ1n) is 26.0. The molecule has 0 amide bonds. The number of rotatable bonds is 9. The summed E-state index contributed by atoms with van der Waals surface area (Å²) in [7, 11) is 0. The minimum atomic E-state index is -5.21. The van der Waals surface area contributed by atoms with Gasteiger partial charge in [-0.05, 0) is 60.7 Å². The van der Waals surface area contributed by atoms with Crippen molar-refractivity contribution in [3.05, 3.63) is 253 Å². The van der Waals surface area contributed by atoms with Gasteiger partial charge in [-0.1, -0.05) is 158 Å². The second-order valence-corrected chi connectivity index (χ2v) is 19.6. The number of benzene rings is 10. The van der Waals surface area contributed by atoms with Crippen molar-refractivity contribution in [2.45, 2.75) is 6.18 Å². The number of hydrogen-bond acceptors (Lipinski definition) is 6. The van der Waals surface area contributed by atoms with E-state index in [9.17, 15) is 4.39 Å². The van der Waals surface area contributed by atoms with E-state index in [4.69, 9.17) is 29.9 Å². The zero-order valence-corrected chi connectivity index (χ0v) is 42.9. The zero-order valence-electron chi connectivity index (χ0n) is 42.9. The largest absolute Gasteiger partial charge is 0.418 e. The van der Waals surface area contributed by atoms with Crippen LogP contribution in [0, 0.1) is 29.1 Å². The van der Waals surface area contributed by atoms with Crippen LogP contribution in [0.25, 0.3) is 134 Å². The third kappa shape index (κ3) is 8.61. The lowest BCUT2D eigenvalue weighted by atomic mass is 9.97. The van der Waals surface area contributed by atoms with Gasteiger partial charge < -0.3 is 9.13 Å². The number of fused-ring (bicyclic) bond motifs is 6. The first-order valence-corrected chi connectivity index (χ1v) is 26.0. The maximum atomic E-state index is 16.7. The van der Waals surface area contributed by atoms with Crippen LogP contribution in [-0.4, -0.2) is 39.0 Å². The molecule has 4 aromatic heterocycles.